The molecule has 1 saturated heterocycles. The summed E-state index contributed by atoms with van der Waals surface area (Å²) in [5.74, 6) is 0.308. The minimum absolute atomic E-state index is 0.0950. The minimum Gasteiger partial charge on any atom is -0.444 e. The summed E-state index contributed by atoms with van der Waals surface area (Å²) in [7, 11) is 0. The Hall–Kier alpha value is -3.98. The van der Waals surface area contributed by atoms with Crippen molar-refractivity contribution in [3.05, 3.63) is 83.9 Å². The number of carbonyl (C=O) groups is 2. The second kappa shape index (κ2) is 8.99. The molecule has 9 nitrogen and oxygen atoms in total. The van der Waals surface area contributed by atoms with Gasteiger partial charge < -0.3 is 14.2 Å². The van der Waals surface area contributed by atoms with Crippen LogP contribution in [0.5, 0.6) is 0 Å². The summed E-state index contributed by atoms with van der Waals surface area (Å²) >= 11 is 6.06. The molecular weight excluding hydrogens is 468 g/mol. The van der Waals surface area contributed by atoms with Gasteiger partial charge in [0, 0.05) is 35.8 Å². The van der Waals surface area contributed by atoms with E-state index in [2.05, 4.69) is 15.1 Å². The molecular formula is C25H23ClN6O3. The summed E-state index contributed by atoms with van der Waals surface area (Å²) in [5.41, 5.74) is 1.43. The van der Waals surface area contributed by atoms with E-state index in [1.807, 2.05) is 32.0 Å². The Labute approximate surface area is 207 Å². The predicted molar refractivity (Wildman–Crippen MR) is 129 cm³/mol. The maximum Gasteiger partial charge on any atom is 0.294 e. The Morgan fingerprint density at radius 3 is 2.63 bits per heavy atom. The first-order chi connectivity index (χ1) is 16.8. The van der Waals surface area contributed by atoms with Gasteiger partial charge in [-0.2, -0.15) is 0 Å². The van der Waals surface area contributed by atoms with E-state index in [4.69, 9.17) is 16.0 Å². The van der Waals surface area contributed by atoms with Crippen molar-refractivity contribution in [1.29, 1.82) is 0 Å². The average molecular weight is 491 g/mol. The minimum atomic E-state index is -0.616. The average Bonchev–Trinajstić information content (AvgIpc) is 3.55. The topological polar surface area (TPSA) is 97.4 Å². The molecule has 5 rings (SSSR count). The summed E-state index contributed by atoms with van der Waals surface area (Å²) < 4.78 is 6.87. The number of halogens is 1. The van der Waals surface area contributed by atoms with Crippen LogP contribution in [0.25, 0.3) is 17.0 Å². The lowest BCUT2D eigenvalue weighted by atomic mass is 9.97. The van der Waals surface area contributed by atoms with Crippen molar-refractivity contribution < 1.29 is 14.0 Å². The zero-order valence-corrected chi connectivity index (χ0v) is 20.0. The molecule has 0 aliphatic carbocycles. The maximum atomic E-state index is 13.3. The molecule has 0 unspecified atom stereocenters. The predicted octanol–water partition coefficient (Wildman–Crippen LogP) is 3.95. The van der Waals surface area contributed by atoms with Crippen molar-refractivity contribution in [3.8, 4) is 17.0 Å². The van der Waals surface area contributed by atoms with Crippen LogP contribution < -0.4 is 0 Å². The van der Waals surface area contributed by atoms with Gasteiger partial charge in [-0.15, -0.1) is 5.10 Å². The zero-order valence-electron chi connectivity index (χ0n) is 19.3. The van der Waals surface area contributed by atoms with Crippen molar-refractivity contribution in [2.24, 2.45) is 0 Å². The zero-order chi connectivity index (χ0) is 24.6. The summed E-state index contributed by atoms with van der Waals surface area (Å²) in [4.78, 5) is 38.2. The largest absolute Gasteiger partial charge is 0.444 e. The quantitative estimate of drug-likeness (QED) is 0.429. The van der Waals surface area contributed by atoms with Gasteiger partial charge in [0.05, 0.1) is 17.4 Å². The van der Waals surface area contributed by atoms with Crippen LogP contribution in [0.1, 0.15) is 34.8 Å². The SMILES string of the molecule is CC1(C)CN(C(=O)c2cccc(-c3cnco3)c2)CCN1C(=O)c1ncn(-c2cccc(Cl)c2)n1. The van der Waals surface area contributed by atoms with Crippen LogP contribution in [0.3, 0.4) is 0 Å². The van der Waals surface area contributed by atoms with E-state index < -0.39 is 5.54 Å². The van der Waals surface area contributed by atoms with Gasteiger partial charge in [-0.3, -0.25) is 9.59 Å². The summed E-state index contributed by atoms with van der Waals surface area (Å²) in [6.07, 6.45) is 4.46. The van der Waals surface area contributed by atoms with E-state index in [9.17, 15) is 9.59 Å². The molecule has 2 amide bonds. The number of hydrogen-bond acceptors (Lipinski definition) is 6. The summed E-state index contributed by atoms with van der Waals surface area (Å²) in [6, 6.07) is 14.4. The number of benzene rings is 2. The number of aromatic nitrogens is 4. The molecule has 0 radical (unpaired) electrons. The van der Waals surface area contributed by atoms with E-state index in [1.54, 1.807) is 46.3 Å². The van der Waals surface area contributed by atoms with Crippen molar-refractivity contribution in [2.75, 3.05) is 19.6 Å². The van der Waals surface area contributed by atoms with Gasteiger partial charge in [-0.25, -0.2) is 14.6 Å². The first kappa shape index (κ1) is 22.8. The lowest BCUT2D eigenvalue weighted by Gasteiger charge is -2.46. The molecule has 2 aromatic heterocycles. The van der Waals surface area contributed by atoms with E-state index in [0.29, 0.717) is 41.7 Å². The number of rotatable bonds is 4. The highest BCUT2D eigenvalue weighted by atomic mass is 35.5. The van der Waals surface area contributed by atoms with Gasteiger partial charge in [-0.05, 0) is 44.2 Å². The lowest BCUT2D eigenvalue weighted by Crippen LogP contribution is -2.62. The standard InChI is InChI=1S/C25H23ClN6O3/c1-25(2)14-30(23(33)18-6-3-5-17(11-18)21-13-27-16-35-21)9-10-31(25)24(34)22-28-15-32(29-22)20-8-4-7-19(26)12-20/h3-8,11-13,15-16H,9-10,14H2,1-2H3. The molecule has 0 N–H and O–H groups in total. The van der Waals surface area contributed by atoms with Gasteiger partial charge in [0.15, 0.2) is 12.2 Å². The second-order valence-electron chi connectivity index (χ2n) is 8.94. The fraction of sp³-hybridized carbons (Fsp3) is 0.240. The molecule has 35 heavy (non-hydrogen) atoms. The van der Waals surface area contributed by atoms with Crippen LogP contribution in [0.15, 0.2) is 71.9 Å². The molecule has 1 fully saturated rings. The highest BCUT2D eigenvalue weighted by Gasteiger charge is 2.40. The molecule has 178 valence electrons. The number of hydrogen-bond donors (Lipinski definition) is 0. The molecule has 0 bridgehead atoms. The first-order valence-electron chi connectivity index (χ1n) is 11.1. The van der Waals surface area contributed by atoms with Crippen LogP contribution in [0, 0.1) is 0 Å². The van der Waals surface area contributed by atoms with Gasteiger partial charge >= 0.3 is 0 Å². The Morgan fingerprint density at radius 2 is 1.89 bits per heavy atom. The third kappa shape index (κ3) is 4.54. The van der Waals surface area contributed by atoms with Gasteiger partial charge in [0.2, 0.25) is 5.82 Å². The number of carbonyl (C=O) groups excluding carboxylic acids is 2. The molecule has 0 atom stereocenters. The smallest absolute Gasteiger partial charge is 0.294 e. The van der Waals surface area contributed by atoms with Crippen molar-refractivity contribution >= 4 is 23.4 Å². The number of nitrogens with zero attached hydrogens (tertiary/aromatic N) is 6. The Balaban J connectivity index is 1.31. The number of oxazole rings is 1. The molecule has 0 spiro atoms. The molecule has 1 aliphatic heterocycles. The highest BCUT2D eigenvalue weighted by molar-refractivity contribution is 6.30. The van der Waals surface area contributed by atoms with Gasteiger partial charge in [-0.1, -0.05) is 29.8 Å². The summed E-state index contributed by atoms with van der Waals surface area (Å²) in [5, 5.41) is 4.93. The Kier molecular flexibility index (Phi) is 5.86. The molecule has 2 aromatic carbocycles. The van der Waals surface area contributed by atoms with Crippen LogP contribution in [0.2, 0.25) is 5.02 Å². The van der Waals surface area contributed by atoms with E-state index in [-0.39, 0.29) is 17.6 Å². The fourth-order valence-corrected chi connectivity index (χ4v) is 4.46. The number of piperazine rings is 1. The first-order valence-corrected chi connectivity index (χ1v) is 11.5. The van der Waals surface area contributed by atoms with Crippen LogP contribution >= 0.6 is 11.6 Å². The van der Waals surface area contributed by atoms with Crippen LogP contribution in [-0.4, -0.2) is 66.5 Å². The fourth-order valence-electron chi connectivity index (χ4n) is 4.28. The second-order valence-corrected chi connectivity index (χ2v) is 9.37. The molecule has 10 heteroatoms. The van der Waals surface area contributed by atoms with Gasteiger partial charge in [0.25, 0.3) is 11.8 Å². The summed E-state index contributed by atoms with van der Waals surface area (Å²) in [6.45, 7) is 5.01. The van der Waals surface area contributed by atoms with E-state index >= 15 is 0 Å². The molecule has 1 aliphatic rings. The Morgan fingerprint density at radius 1 is 1.06 bits per heavy atom. The van der Waals surface area contributed by atoms with E-state index in [0.717, 1.165) is 5.56 Å². The van der Waals surface area contributed by atoms with Crippen LogP contribution in [-0.2, 0) is 0 Å². The van der Waals surface area contributed by atoms with Crippen molar-refractivity contribution in [1.82, 2.24) is 29.5 Å². The van der Waals surface area contributed by atoms with Gasteiger partial charge in [0.1, 0.15) is 6.33 Å². The van der Waals surface area contributed by atoms with E-state index in [1.165, 1.54) is 17.4 Å². The van der Waals surface area contributed by atoms with Crippen LogP contribution in [0.4, 0.5) is 0 Å². The van der Waals surface area contributed by atoms with Crippen molar-refractivity contribution in [3.63, 3.8) is 0 Å². The Bertz CT molecular complexity index is 1380. The third-order valence-corrected chi connectivity index (χ3v) is 6.25. The van der Waals surface area contributed by atoms with Crippen molar-refractivity contribution in [2.45, 2.75) is 19.4 Å². The lowest BCUT2D eigenvalue weighted by molar-refractivity contribution is 0.0160. The monoisotopic (exact) mass is 490 g/mol. The molecule has 4 aromatic rings. The number of amides is 2. The molecule has 0 saturated carbocycles. The highest BCUT2D eigenvalue weighted by Crippen LogP contribution is 2.26. The molecule has 3 heterocycles. The maximum absolute atomic E-state index is 13.3. The third-order valence-electron chi connectivity index (χ3n) is 6.02. The normalized spacial score (nSPS) is 15.3.